The number of fused-ring (bicyclic) bond motifs is 1. The molecule has 1 atom stereocenters. The van der Waals surface area contributed by atoms with E-state index in [0.717, 1.165) is 31.2 Å². The number of oxime groups is 1. The maximum absolute atomic E-state index is 13.4. The zero-order valence-corrected chi connectivity index (χ0v) is 17.9. The van der Waals surface area contributed by atoms with E-state index in [4.69, 9.17) is 11.6 Å². The van der Waals surface area contributed by atoms with E-state index in [1.807, 2.05) is 17.9 Å². The summed E-state index contributed by atoms with van der Waals surface area (Å²) >= 11 is 5.86. The zero-order chi connectivity index (χ0) is 21.3. The average Bonchev–Trinajstić information content (AvgIpc) is 3.14. The van der Waals surface area contributed by atoms with Crippen LogP contribution in [0.3, 0.4) is 0 Å². The Hall–Kier alpha value is -2.60. The lowest BCUT2D eigenvalue weighted by Crippen LogP contribution is -2.30. The Morgan fingerprint density at radius 1 is 1.23 bits per heavy atom. The summed E-state index contributed by atoms with van der Waals surface area (Å²) < 4.78 is 15.3. The number of rotatable bonds is 4. The summed E-state index contributed by atoms with van der Waals surface area (Å²) in [5, 5.41) is 21.7. The van der Waals surface area contributed by atoms with Gasteiger partial charge in [0, 0.05) is 24.0 Å². The quantitative estimate of drug-likeness (QED) is 0.226. The van der Waals surface area contributed by atoms with E-state index in [1.54, 1.807) is 6.07 Å². The molecule has 0 radical (unpaired) electrons. The van der Waals surface area contributed by atoms with Crippen LogP contribution < -0.4 is 5.32 Å². The normalized spacial score (nSPS) is 21.0. The van der Waals surface area contributed by atoms with E-state index < -0.39 is 5.82 Å². The minimum absolute atomic E-state index is 0.0380. The number of hydrogen-bond donors (Lipinski definition) is 2. The first-order valence-electron chi connectivity index (χ1n) is 10.3. The van der Waals surface area contributed by atoms with Gasteiger partial charge in [-0.15, -0.1) is 0 Å². The lowest BCUT2D eigenvalue weighted by Gasteiger charge is -2.33. The molecular weight excluding hydrogens is 403 g/mol. The third-order valence-electron chi connectivity index (χ3n) is 6.45. The lowest BCUT2D eigenvalue weighted by molar-refractivity contribution is 0.273. The molecule has 5 nitrogen and oxygen atoms in total. The molecule has 2 aromatic carbocycles. The number of aryl methyl sites for hydroxylation is 1. The predicted octanol–water partition coefficient (Wildman–Crippen LogP) is 6.18. The summed E-state index contributed by atoms with van der Waals surface area (Å²) in [5.74, 6) is 1.02. The van der Waals surface area contributed by atoms with E-state index in [0.29, 0.717) is 23.4 Å². The molecule has 0 saturated heterocycles. The molecule has 1 heterocycles. The van der Waals surface area contributed by atoms with Crippen molar-refractivity contribution in [2.45, 2.75) is 38.5 Å². The van der Waals surface area contributed by atoms with Crippen LogP contribution in [0.5, 0.6) is 0 Å². The fraction of sp³-hybridized carbons (Fsp3) is 0.391. The third-order valence-corrected chi connectivity index (χ3v) is 6.74. The van der Waals surface area contributed by atoms with Crippen molar-refractivity contribution in [3.63, 3.8) is 0 Å². The summed E-state index contributed by atoms with van der Waals surface area (Å²) in [6.07, 6.45) is 6.23. The Labute approximate surface area is 180 Å². The van der Waals surface area contributed by atoms with E-state index in [1.165, 1.54) is 23.1 Å². The van der Waals surface area contributed by atoms with Crippen LogP contribution in [-0.2, 0) is 7.05 Å². The van der Waals surface area contributed by atoms with Crippen LogP contribution in [0.15, 0.2) is 47.8 Å². The summed E-state index contributed by atoms with van der Waals surface area (Å²) in [7, 11) is 1.96. The van der Waals surface area contributed by atoms with Crippen LogP contribution >= 0.6 is 11.6 Å². The number of benzene rings is 2. The van der Waals surface area contributed by atoms with Crippen molar-refractivity contribution < 1.29 is 9.60 Å². The molecule has 1 fully saturated rings. The highest BCUT2D eigenvalue weighted by atomic mass is 35.5. The van der Waals surface area contributed by atoms with Crippen molar-refractivity contribution in [3.8, 4) is 0 Å². The smallest absolute Gasteiger partial charge is 0.149 e. The molecule has 1 aliphatic carbocycles. The highest BCUT2D eigenvalue weighted by Crippen LogP contribution is 2.40. The highest BCUT2D eigenvalue weighted by Gasteiger charge is 2.29. The van der Waals surface area contributed by atoms with E-state index in [2.05, 4.69) is 40.7 Å². The van der Waals surface area contributed by atoms with Crippen LogP contribution in [0.2, 0.25) is 5.02 Å². The van der Waals surface area contributed by atoms with Crippen molar-refractivity contribution in [1.29, 1.82) is 0 Å². The van der Waals surface area contributed by atoms with Crippen molar-refractivity contribution in [1.82, 2.24) is 9.78 Å². The molecule has 0 amide bonds. The van der Waals surface area contributed by atoms with Gasteiger partial charge < -0.3 is 10.5 Å². The Kier molecular flexibility index (Phi) is 5.95. The number of nitrogens with one attached hydrogen (secondary N) is 1. The number of nitrogens with zero attached hydrogens (tertiary/aromatic N) is 3. The van der Waals surface area contributed by atoms with Gasteiger partial charge in [-0.1, -0.05) is 29.7 Å². The average molecular weight is 429 g/mol. The topological polar surface area (TPSA) is 62.4 Å². The number of amidine groups is 1. The predicted molar refractivity (Wildman–Crippen MR) is 119 cm³/mol. The van der Waals surface area contributed by atoms with Crippen LogP contribution in [0.1, 0.15) is 44.1 Å². The van der Waals surface area contributed by atoms with E-state index in [9.17, 15) is 9.60 Å². The minimum atomic E-state index is -0.472. The molecule has 1 aliphatic rings. The van der Waals surface area contributed by atoms with Crippen molar-refractivity contribution >= 4 is 34.0 Å². The number of anilines is 1. The maximum Gasteiger partial charge on any atom is 0.149 e. The highest BCUT2D eigenvalue weighted by molar-refractivity contribution is 6.31. The number of aromatic nitrogens is 2. The van der Waals surface area contributed by atoms with Gasteiger partial charge in [0.25, 0.3) is 0 Å². The zero-order valence-electron chi connectivity index (χ0n) is 17.1. The van der Waals surface area contributed by atoms with Gasteiger partial charge in [0.2, 0.25) is 0 Å². The Balaban J connectivity index is 1.39. The van der Waals surface area contributed by atoms with Crippen LogP contribution in [0, 0.1) is 17.7 Å². The molecule has 1 aromatic heterocycles. The van der Waals surface area contributed by atoms with Crippen molar-refractivity contribution in [3.05, 3.63) is 59.0 Å². The molecular formula is C23H26ClFN4O. The second-order valence-corrected chi connectivity index (χ2v) is 8.63. The van der Waals surface area contributed by atoms with Crippen LogP contribution in [0.4, 0.5) is 10.1 Å². The maximum atomic E-state index is 13.4. The number of hydrogen-bond acceptors (Lipinski definition) is 3. The first-order chi connectivity index (χ1) is 14.5. The molecule has 1 saturated carbocycles. The second kappa shape index (κ2) is 8.64. The molecule has 0 unspecified atom stereocenters. The summed E-state index contributed by atoms with van der Waals surface area (Å²) in [5.41, 5.74) is 3.13. The fourth-order valence-corrected chi connectivity index (χ4v) is 4.74. The van der Waals surface area contributed by atoms with E-state index >= 15 is 0 Å². The summed E-state index contributed by atoms with van der Waals surface area (Å²) in [6.45, 7) is 2.07. The molecule has 2 N–H and O–H groups in total. The van der Waals surface area contributed by atoms with Gasteiger partial charge in [-0.05, 0) is 73.4 Å². The molecule has 0 bridgehead atoms. The van der Waals surface area contributed by atoms with Crippen LogP contribution in [-0.4, -0.2) is 20.8 Å². The minimum Gasteiger partial charge on any atom is -0.409 e. The SMILES string of the molecule is C[C@@H](/C(=N/O)Nc1ccc(F)c(Cl)c1)[C@H]1CC[C@H](c2ccc3c(cnn3C)c2)CC1. The Morgan fingerprint density at radius 2 is 2.00 bits per heavy atom. The fourth-order valence-electron chi connectivity index (χ4n) is 4.56. The van der Waals surface area contributed by atoms with Gasteiger partial charge >= 0.3 is 0 Å². The first-order valence-corrected chi connectivity index (χ1v) is 10.7. The van der Waals surface area contributed by atoms with Gasteiger partial charge in [-0.3, -0.25) is 4.68 Å². The van der Waals surface area contributed by atoms with E-state index in [-0.39, 0.29) is 10.9 Å². The molecule has 0 spiro atoms. The lowest BCUT2D eigenvalue weighted by atomic mass is 9.74. The third kappa shape index (κ3) is 4.15. The monoisotopic (exact) mass is 428 g/mol. The van der Waals surface area contributed by atoms with Gasteiger partial charge in [0.1, 0.15) is 11.7 Å². The molecule has 158 valence electrons. The molecule has 30 heavy (non-hydrogen) atoms. The molecule has 0 aliphatic heterocycles. The Morgan fingerprint density at radius 3 is 2.70 bits per heavy atom. The first kappa shape index (κ1) is 20.7. The van der Waals surface area contributed by atoms with Crippen molar-refractivity contribution in [2.75, 3.05) is 5.32 Å². The molecule has 4 rings (SSSR count). The van der Waals surface area contributed by atoms with Gasteiger partial charge in [-0.2, -0.15) is 5.10 Å². The van der Waals surface area contributed by atoms with Crippen LogP contribution in [0.25, 0.3) is 10.9 Å². The molecule has 3 aromatic rings. The summed E-state index contributed by atoms with van der Waals surface area (Å²) in [4.78, 5) is 0. The molecule has 7 heteroatoms. The second-order valence-electron chi connectivity index (χ2n) is 8.23. The largest absolute Gasteiger partial charge is 0.409 e. The van der Waals surface area contributed by atoms with Gasteiger partial charge in [0.05, 0.1) is 16.7 Å². The number of halogens is 2. The van der Waals surface area contributed by atoms with Gasteiger partial charge in [0.15, 0.2) is 0 Å². The van der Waals surface area contributed by atoms with Crippen molar-refractivity contribution in [2.24, 2.45) is 24.0 Å². The standard InChI is InChI=1S/C23H26ClFN4O/c1-14(23(28-30)27-19-8-9-21(25)20(24)12-19)15-3-5-16(6-4-15)17-7-10-22-18(11-17)13-26-29(22)2/h7-16,30H,3-6H2,1-2H3,(H,27,28)/t14-,15-,16-/m1/s1. The Bertz CT molecular complexity index is 1070. The summed E-state index contributed by atoms with van der Waals surface area (Å²) in [6, 6.07) is 11.0. The van der Waals surface area contributed by atoms with Gasteiger partial charge in [-0.25, -0.2) is 4.39 Å².